The van der Waals surface area contributed by atoms with Crippen molar-refractivity contribution in [2.45, 2.75) is 32.1 Å². The molecule has 0 heterocycles. The molecule has 1 aromatic carbocycles. The first-order valence-electron chi connectivity index (χ1n) is 6.58. The fraction of sp³-hybridized carbons (Fsp3) is 0.500. The average molecular weight is 298 g/mol. The van der Waals surface area contributed by atoms with Crippen molar-refractivity contribution >= 4 is 15.9 Å². The van der Waals surface area contributed by atoms with E-state index in [1.165, 1.54) is 6.07 Å². The molecule has 0 atom stereocenters. The van der Waals surface area contributed by atoms with Crippen molar-refractivity contribution in [3.63, 3.8) is 0 Å². The van der Waals surface area contributed by atoms with Gasteiger partial charge in [-0.1, -0.05) is 26.8 Å². The fourth-order valence-electron chi connectivity index (χ4n) is 2.10. The number of carbonyl (C=O) groups is 1. The zero-order valence-corrected chi connectivity index (χ0v) is 13.2. The number of hydrogen-bond acceptors (Lipinski definition) is 3. The summed E-state index contributed by atoms with van der Waals surface area (Å²) < 4.78 is 23.2. The van der Waals surface area contributed by atoms with Crippen LogP contribution in [0.2, 0.25) is 0 Å². The molecule has 6 heteroatoms. The number of nitrogens with zero attached hydrogens (tertiary/aromatic N) is 1. The van der Waals surface area contributed by atoms with Crippen LogP contribution in [0.4, 0.5) is 0 Å². The Morgan fingerprint density at radius 1 is 1.35 bits per heavy atom. The van der Waals surface area contributed by atoms with Crippen LogP contribution in [0.1, 0.15) is 36.7 Å². The molecule has 0 bridgehead atoms. The van der Waals surface area contributed by atoms with Gasteiger partial charge in [0, 0.05) is 19.2 Å². The predicted octanol–water partition coefficient (Wildman–Crippen LogP) is 1.62. The highest BCUT2D eigenvalue weighted by molar-refractivity contribution is 7.89. The third-order valence-corrected chi connectivity index (χ3v) is 3.98. The fourth-order valence-corrected chi connectivity index (χ4v) is 2.96. The van der Waals surface area contributed by atoms with Crippen molar-refractivity contribution in [3.05, 3.63) is 29.3 Å². The number of carbonyl (C=O) groups excluding carboxylic acids is 1. The Labute approximate surface area is 120 Å². The van der Waals surface area contributed by atoms with Crippen molar-refractivity contribution in [1.29, 1.82) is 0 Å². The van der Waals surface area contributed by atoms with Gasteiger partial charge in [-0.05, 0) is 30.0 Å². The maximum atomic E-state index is 12.2. The Morgan fingerprint density at radius 3 is 2.40 bits per heavy atom. The van der Waals surface area contributed by atoms with Gasteiger partial charge in [0.1, 0.15) is 0 Å². The lowest BCUT2D eigenvalue weighted by atomic mass is 10.1. The molecule has 0 radical (unpaired) electrons. The van der Waals surface area contributed by atoms with E-state index in [0.717, 1.165) is 0 Å². The standard InChI is InChI=1S/C14H22N2O3S/c1-5-11-6-7-12(8-13(11)20(15,18)19)14(17)16(4)9-10(2)3/h6-8,10H,5,9H2,1-4H3,(H2,15,18,19). The number of benzene rings is 1. The molecule has 0 aromatic heterocycles. The number of sulfonamides is 1. The second kappa shape index (κ2) is 6.37. The third kappa shape index (κ3) is 4.05. The van der Waals surface area contributed by atoms with Crippen molar-refractivity contribution < 1.29 is 13.2 Å². The van der Waals surface area contributed by atoms with Crippen LogP contribution in [0.15, 0.2) is 23.1 Å². The summed E-state index contributed by atoms with van der Waals surface area (Å²) in [5, 5.41) is 5.21. The molecule has 0 spiro atoms. The van der Waals surface area contributed by atoms with E-state index in [9.17, 15) is 13.2 Å². The van der Waals surface area contributed by atoms with E-state index in [1.54, 1.807) is 24.1 Å². The van der Waals surface area contributed by atoms with Crippen molar-refractivity contribution in [3.8, 4) is 0 Å². The first-order chi connectivity index (χ1) is 9.16. The van der Waals surface area contributed by atoms with Crippen molar-refractivity contribution in [2.75, 3.05) is 13.6 Å². The topological polar surface area (TPSA) is 80.5 Å². The smallest absolute Gasteiger partial charge is 0.253 e. The Balaban J connectivity index is 3.19. The molecule has 0 fully saturated rings. The van der Waals surface area contributed by atoms with Gasteiger partial charge >= 0.3 is 0 Å². The summed E-state index contributed by atoms with van der Waals surface area (Å²) in [4.78, 5) is 13.9. The van der Waals surface area contributed by atoms with Gasteiger partial charge in [-0.25, -0.2) is 13.6 Å². The lowest BCUT2D eigenvalue weighted by Crippen LogP contribution is -2.30. The molecular weight excluding hydrogens is 276 g/mol. The molecule has 112 valence electrons. The molecule has 1 rings (SSSR count). The Morgan fingerprint density at radius 2 is 1.95 bits per heavy atom. The third-order valence-electron chi connectivity index (χ3n) is 2.99. The first-order valence-corrected chi connectivity index (χ1v) is 8.12. The van der Waals surface area contributed by atoms with Crippen LogP contribution in [0.25, 0.3) is 0 Å². The summed E-state index contributed by atoms with van der Waals surface area (Å²) in [5.74, 6) is 0.142. The monoisotopic (exact) mass is 298 g/mol. The molecule has 0 aliphatic heterocycles. The van der Waals surface area contributed by atoms with Crippen molar-refractivity contribution in [1.82, 2.24) is 4.90 Å². The van der Waals surface area contributed by atoms with E-state index < -0.39 is 10.0 Å². The van der Waals surface area contributed by atoms with Crippen LogP contribution in [-0.2, 0) is 16.4 Å². The summed E-state index contributed by atoms with van der Waals surface area (Å²) in [6, 6.07) is 4.66. The van der Waals surface area contributed by atoms with Gasteiger partial charge in [0.2, 0.25) is 10.0 Å². The maximum Gasteiger partial charge on any atom is 0.253 e. The summed E-state index contributed by atoms with van der Waals surface area (Å²) in [6.45, 7) is 6.48. The predicted molar refractivity (Wildman–Crippen MR) is 79.0 cm³/mol. The van der Waals surface area contributed by atoms with Crippen LogP contribution in [-0.4, -0.2) is 32.8 Å². The molecule has 0 saturated carbocycles. The van der Waals surface area contributed by atoms with Gasteiger partial charge in [0.25, 0.3) is 5.91 Å². The highest BCUT2D eigenvalue weighted by atomic mass is 32.2. The average Bonchev–Trinajstić information content (AvgIpc) is 2.35. The molecule has 20 heavy (non-hydrogen) atoms. The lowest BCUT2D eigenvalue weighted by molar-refractivity contribution is 0.0779. The van der Waals surface area contributed by atoms with Gasteiger partial charge in [0.15, 0.2) is 0 Å². The van der Waals surface area contributed by atoms with Crippen LogP contribution in [0, 0.1) is 5.92 Å². The van der Waals surface area contributed by atoms with Gasteiger partial charge < -0.3 is 4.90 Å². The van der Waals surface area contributed by atoms with E-state index in [1.807, 2.05) is 20.8 Å². The van der Waals surface area contributed by atoms with E-state index >= 15 is 0 Å². The van der Waals surface area contributed by atoms with E-state index in [4.69, 9.17) is 5.14 Å². The summed E-state index contributed by atoms with van der Waals surface area (Å²) in [5.41, 5.74) is 0.963. The molecular formula is C14H22N2O3S. The SMILES string of the molecule is CCc1ccc(C(=O)N(C)CC(C)C)cc1S(N)(=O)=O. The van der Waals surface area contributed by atoms with Gasteiger partial charge in [-0.15, -0.1) is 0 Å². The minimum absolute atomic E-state index is 0.0313. The van der Waals surface area contributed by atoms with Gasteiger partial charge in [-0.3, -0.25) is 4.79 Å². The van der Waals surface area contributed by atoms with Crippen LogP contribution >= 0.6 is 0 Å². The van der Waals surface area contributed by atoms with E-state index in [-0.39, 0.29) is 10.8 Å². The van der Waals surface area contributed by atoms with Crippen LogP contribution < -0.4 is 5.14 Å². The molecule has 0 aliphatic rings. The van der Waals surface area contributed by atoms with Crippen LogP contribution in [0.3, 0.4) is 0 Å². The second-order valence-electron chi connectivity index (χ2n) is 5.30. The zero-order chi connectivity index (χ0) is 15.5. The van der Waals surface area contributed by atoms with E-state index in [2.05, 4.69) is 0 Å². The molecule has 2 N–H and O–H groups in total. The number of aryl methyl sites for hydroxylation is 1. The minimum Gasteiger partial charge on any atom is -0.341 e. The number of amides is 1. The highest BCUT2D eigenvalue weighted by Gasteiger charge is 2.18. The largest absolute Gasteiger partial charge is 0.341 e. The van der Waals surface area contributed by atoms with E-state index in [0.29, 0.717) is 30.0 Å². The van der Waals surface area contributed by atoms with Gasteiger partial charge in [0.05, 0.1) is 4.90 Å². The lowest BCUT2D eigenvalue weighted by Gasteiger charge is -2.20. The molecule has 1 aromatic rings. The Hall–Kier alpha value is -1.40. The van der Waals surface area contributed by atoms with Gasteiger partial charge in [-0.2, -0.15) is 0 Å². The number of nitrogens with two attached hydrogens (primary N) is 1. The molecule has 1 amide bonds. The summed E-state index contributed by atoms with van der Waals surface area (Å²) >= 11 is 0. The summed E-state index contributed by atoms with van der Waals surface area (Å²) in [7, 11) is -2.12. The van der Waals surface area contributed by atoms with Crippen LogP contribution in [0.5, 0.6) is 0 Å². The zero-order valence-electron chi connectivity index (χ0n) is 12.4. The summed E-state index contributed by atoms with van der Waals surface area (Å²) in [6.07, 6.45) is 0.544. The highest BCUT2D eigenvalue weighted by Crippen LogP contribution is 2.18. The quantitative estimate of drug-likeness (QED) is 0.897. The normalized spacial score (nSPS) is 11.7. The second-order valence-corrected chi connectivity index (χ2v) is 6.83. The first kappa shape index (κ1) is 16.7. The molecule has 0 unspecified atom stereocenters. The Bertz CT molecular complexity index is 594. The number of primary sulfonamides is 1. The molecule has 0 saturated heterocycles. The number of hydrogen-bond donors (Lipinski definition) is 1. The Kier molecular flexibility index (Phi) is 5.30. The number of rotatable bonds is 5. The molecule has 5 nitrogen and oxygen atoms in total. The molecule has 0 aliphatic carbocycles. The maximum absolute atomic E-state index is 12.2. The van der Waals surface area contributed by atoms with Crippen molar-refractivity contribution in [2.24, 2.45) is 11.1 Å². The minimum atomic E-state index is -3.82.